The Morgan fingerprint density at radius 1 is 1.40 bits per heavy atom. The molecule has 1 aromatic carbocycles. The predicted octanol–water partition coefficient (Wildman–Crippen LogP) is 3.88. The lowest BCUT2D eigenvalue weighted by atomic mass is 10.0. The van der Waals surface area contributed by atoms with Crippen LogP contribution in [0.15, 0.2) is 33.7 Å². The summed E-state index contributed by atoms with van der Waals surface area (Å²) in [6.45, 7) is 3.65. The number of rotatable bonds is 4. The van der Waals surface area contributed by atoms with E-state index in [0.717, 1.165) is 22.9 Å². The summed E-state index contributed by atoms with van der Waals surface area (Å²) in [7, 11) is 0. The van der Waals surface area contributed by atoms with Crippen LogP contribution in [-0.2, 0) is 0 Å². The van der Waals surface area contributed by atoms with Crippen LogP contribution in [0.4, 0.5) is 0 Å². The molecule has 0 aromatic heterocycles. The number of hydrogen-bond acceptors (Lipinski definition) is 2. The van der Waals surface area contributed by atoms with Gasteiger partial charge in [-0.05, 0) is 40.9 Å². The number of phenols is 1. The fourth-order valence-corrected chi connectivity index (χ4v) is 2.31. The second kappa shape index (κ2) is 5.68. The van der Waals surface area contributed by atoms with Gasteiger partial charge in [-0.15, -0.1) is 6.58 Å². The summed E-state index contributed by atoms with van der Waals surface area (Å²) < 4.78 is 1.49. The molecule has 0 amide bonds. The van der Waals surface area contributed by atoms with Crippen LogP contribution in [0.3, 0.4) is 0 Å². The minimum absolute atomic E-state index is 0.185. The zero-order valence-corrected chi connectivity index (χ0v) is 11.4. The summed E-state index contributed by atoms with van der Waals surface area (Å²) in [5.74, 6) is 0.209. The molecule has 0 unspecified atom stereocenters. The third-order valence-corrected chi connectivity index (χ3v) is 3.50. The van der Waals surface area contributed by atoms with Crippen molar-refractivity contribution < 1.29 is 5.11 Å². The van der Waals surface area contributed by atoms with Crippen molar-refractivity contribution in [2.75, 3.05) is 0 Å². The Kier molecular flexibility index (Phi) is 4.83. The molecule has 0 fully saturated rings. The van der Waals surface area contributed by atoms with Crippen molar-refractivity contribution in [2.24, 2.45) is 5.73 Å². The van der Waals surface area contributed by atoms with Gasteiger partial charge < -0.3 is 10.8 Å². The van der Waals surface area contributed by atoms with Crippen molar-refractivity contribution in [3.05, 3.63) is 39.3 Å². The maximum absolute atomic E-state index is 9.87. The van der Waals surface area contributed by atoms with Crippen LogP contribution in [0.5, 0.6) is 5.75 Å². The maximum atomic E-state index is 9.87. The summed E-state index contributed by atoms with van der Waals surface area (Å²) in [5, 5.41) is 9.87. The molecule has 15 heavy (non-hydrogen) atoms. The van der Waals surface area contributed by atoms with Gasteiger partial charge in [-0.3, -0.25) is 0 Å². The number of allylic oxidation sites excluding steroid dienone is 1. The Morgan fingerprint density at radius 2 is 2.00 bits per heavy atom. The molecule has 0 aliphatic carbocycles. The van der Waals surface area contributed by atoms with Gasteiger partial charge in [0.25, 0.3) is 0 Å². The highest BCUT2D eigenvalue weighted by Crippen LogP contribution is 2.37. The summed E-state index contributed by atoms with van der Waals surface area (Å²) in [4.78, 5) is 0. The van der Waals surface area contributed by atoms with E-state index in [-0.39, 0.29) is 11.8 Å². The molecular formula is C11H13Br2NO. The summed E-state index contributed by atoms with van der Waals surface area (Å²) in [5.41, 5.74) is 6.73. The number of halogens is 2. The molecule has 0 aliphatic heterocycles. The van der Waals surface area contributed by atoms with E-state index < -0.39 is 0 Å². The summed E-state index contributed by atoms with van der Waals surface area (Å²) in [6.07, 6.45) is 3.43. The van der Waals surface area contributed by atoms with Gasteiger partial charge in [-0.25, -0.2) is 0 Å². The molecule has 0 saturated heterocycles. The minimum atomic E-state index is -0.185. The van der Waals surface area contributed by atoms with Crippen LogP contribution in [0.2, 0.25) is 0 Å². The first-order valence-electron chi connectivity index (χ1n) is 4.61. The van der Waals surface area contributed by atoms with Crippen LogP contribution in [0, 0.1) is 0 Å². The normalized spacial score (nSPS) is 12.5. The van der Waals surface area contributed by atoms with Gasteiger partial charge in [0.2, 0.25) is 0 Å². The van der Waals surface area contributed by atoms with Crippen LogP contribution < -0.4 is 5.73 Å². The van der Waals surface area contributed by atoms with Gasteiger partial charge in [0.05, 0.1) is 4.47 Å². The molecule has 1 rings (SSSR count). The molecule has 82 valence electrons. The maximum Gasteiger partial charge on any atom is 0.135 e. The second-order valence-corrected chi connectivity index (χ2v) is 4.97. The summed E-state index contributed by atoms with van der Waals surface area (Å²) >= 11 is 6.66. The van der Waals surface area contributed by atoms with E-state index in [1.54, 1.807) is 6.07 Å². The van der Waals surface area contributed by atoms with E-state index in [4.69, 9.17) is 5.73 Å². The molecule has 0 aliphatic rings. The zero-order chi connectivity index (χ0) is 11.4. The van der Waals surface area contributed by atoms with E-state index in [1.807, 2.05) is 12.1 Å². The van der Waals surface area contributed by atoms with Gasteiger partial charge in [0.1, 0.15) is 5.75 Å². The first-order chi connectivity index (χ1) is 7.07. The Bertz CT molecular complexity index is 366. The largest absolute Gasteiger partial charge is 0.506 e. The standard InChI is InChI=1S/C11H13Br2NO/c1-2-3-4-9(14)10-7(12)5-6-8(13)11(10)15/h2,5-6,9,15H,1,3-4,14H2/t9-/m0/s1. The lowest BCUT2D eigenvalue weighted by molar-refractivity contribution is 0.454. The Balaban J connectivity index is 3.01. The number of benzene rings is 1. The Morgan fingerprint density at radius 3 is 2.60 bits per heavy atom. The lowest BCUT2D eigenvalue weighted by Gasteiger charge is -2.15. The molecule has 0 radical (unpaired) electrons. The highest BCUT2D eigenvalue weighted by molar-refractivity contribution is 9.11. The average Bonchev–Trinajstić information content (AvgIpc) is 2.21. The third kappa shape index (κ3) is 3.06. The monoisotopic (exact) mass is 333 g/mol. The van der Waals surface area contributed by atoms with Gasteiger partial charge in [-0.2, -0.15) is 0 Å². The average molecular weight is 335 g/mol. The lowest BCUT2D eigenvalue weighted by Crippen LogP contribution is -2.11. The molecule has 1 atom stereocenters. The number of aromatic hydroxyl groups is 1. The molecule has 4 heteroatoms. The van der Waals surface area contributed by atoms with E-state index in [1.165, 1.54) is 0 Å². The highest BCUT2D eigenvalue weighted by Gasteiger charge is 2.16. The molecular weight excluding hydrogens is 322 g/mol. The number of hydrogen-bond donors (Lipinski definition) is 2. The minimum Gasteiger partial charge on any atom is -0.506 e. The van der Waals surface area contributed by atoms with Crippen molar-refractivity contribution >= 4 is 31.9 Å². The fourth-order valence-electron chi connectivity index (χ4n) is 1.35. The van der Waals surface area contributed by atoms with Crippen molar-refractivity contribution in [1.29, 1.82) is 0 Å². The molecule has 0 saturated carbocycles. The third-order valence-electron chi connectivity index (χ3n) is 2.17. The number of nitrogens with two attached hydrogens (primary N) is 1. The van der Waals surface area contributed by atoms with Gasteiger partial charge in [-0.1, -0.05) is 22.0 Å². The van der Waals surface area contributed by atoms with Gasteiger partial charge >= 0.3 is 0 Å². The van der Waals surface area contributed by atoms with Gasteiger partial charge in [0.15, 0.2) is 0 Å². The first-order valence-corrected chi connectivity index (χ1v) is 6.20. The van der Waals surface area contributed by atoms with Crippen LogP contribution in [0.25, 0.3) is 0 Å². The van der Waals surface area contributed by atoms with Crippen LogP contribution in [-0.4, -0.2) is 5.11 Å². The SMILES string of the molecule is C=CCC[C@H](N)c1c(Br)ccc(Br)c1O. The predicted molar refractivity (Wildman–Crippen MR) is 69.9 cm³/mol. The molecule has 0 spiro atoms. The van der Waals surface area contributed by atoms with E-state index in [9.17, 15) is 5.11 Å². The van der Waals surface area contributed by atoms with Crippen LogP contribution in [0.1, 0.15) is 24.4 Å². The van der Waals surface area contributed by atoms with Crippen molar-refractivity contribution in [3.8, 4) is 5.75 Å². The molecule has 0 bridgehead atoms. The Hall–Kier alpha value is -0.320. The van der Waals surface area contributed by atoms with Crippen molar-refractivity contribution in [2.45, 2.75) is 18.9 Å². The van der Waals surface area contributed by atoms with E-state index in [2.05, 4.69) is 38.4 Å². The molecule has 1 aromatic rings. The van der Waals surface area contributed by atoms with Crippen LogP contribution >= 0.6 is 31.9 Å². The molecule has 3 N–H and O–H groups in total. The smallest absolute Gasteiger partial charge is 0.135 e. The fraction of sp³-hybridized carbons (Fsp3) is 0.273. The Labute approximate surface area is 106 Å². The van der Waals surface area contributed by atoms with Gasteiger partial charge in [0, 0.05) is 16.1 Å². The first kappa shape index (κ1) is 12.7. The highest BCUT2D eigenvalue weighted by atomic mass is 79.9. The van der Waals surface area contributed by atoms with E-state index >= 15 is 0 Å². The van der Waals surface area contributed by atoms with Crippen molar-refractivity contribution in [3.63, 3.8) is 0 Å². The van der Waals surface area contributed by atoms with Crippen molar-refractivity contribution in [1.82, 2.24) is 0 Å². The molecule has 2 nitrogen and oxygen atoms in total. The second-order valence-electron chi connectivity index (χ2n) is 3.26. The molecule has 0 heterocycles. The number of phenolic OH excluding ortho intramolecular Hbond substituents is 1. The quantitative estimate of drug-likeness (QED) is 0.821. The summed E-state index contributed by atoms with van der Waals surface area (Å²) in [6, 6.07) is 3.46. The van der Waals surface area contributed by atoms with E-state index in [0.29, 0.717) is 4.47 Å². The topological polar surface area (TPSA) is 46.2 Å². The zero-order valence-electron chi connectivity index (χ0n) is 8.21.